The molecule has 0 aliphatic heterocycles. The number of halogens is 1. The molecule has 0 saturated carbocycles. The Morgan fingerprint density at radius 2 is 2.44 bits per heavy atom. The van der Waals surface area contributed by atoms with Crippen LogP contribution in [0.1, 0.15) is 5.69 Å². The predicted molar refractivity (Wildman–Crippen MR) is 30.4 cm³/mol. The molecule has 1 heterocycles. The van der Waals surface area contributed by atoms with E-state index in [1.165, 1.54) is 0 Å². The zero-order valence-electron chi connectivity index (χ0n) is 4.71. The molecule has 0 bridgehead atoms. The molecule has 0 unspecified atom stereocenters. The van der Waals surface area contributed by atoms with Crippen molar-refractivity contribution in [1.29, 1.82) is 0 Å². The molecule has 0 N–H and O–H groups in total. The van der Waals surface area contributed by atoms with Crippen LogP contribution >= 0.6 is 11.6 Å². The van der Waals surface area contributed by atoms with Crippen LogP contribution in [0, 0.1) is 6.20 Å². The Labute approximate surface area is 83.9 Å². The summed E-state index contributed by atoms with van der Waals surface area (Å²) < 4.78 is 0. The fourth-order valence-electron chi connectivity index (χ4n) is 0.364. The maximum atomic E-state index is 5.41. The van der Waals surface area contributed by atoms with Crippen molar-refractivity contribution in [3.05, 3.63) is 24.0 Å². The molecule has 1 aromatic heterocycles. The Morgan fingerprint density at radius 1 is 1.67 bits per heavy atom. The first kappa shape index (κ1) is 9.47. The van der Waals surface area contributed by atoms with Gasteiger partial charge in [0, 0.05) is 38.6 Å². The molecular formula is C5H4ClN2Y-. The van der Waals surface area contributed by atoms with E-state index in [1.54, 1.807) is 12.1 Å². The normalized spacial score (nSPS) is 8.11. The van der Waals surface area contributed by atoms with Gasteiger partial charge in [-0.1, -0.05) is 0 Å². The molecule has 9 heavy (non-hydrogen) atoms. The predicted octanol–water partition coefficient (Wildman–Crippen LogP) is 1.01. The maximum absolute atomic E-state index is 5.41. The Bertz CT molecular complexity index is 156. The average Bonchev–Trinajstić information content (AvgIpc) is 1.90. The third kappa shape index (κ3) is 3.24. The molecule has 1 radical (unpaired) electrons. The summed E-state index contributed by atoms with van der Waals surface area (Å²) in [5, 5.41) is 7.16. The van der Waals surface area contributed by atoms with Crippen LogP contribution in [0.4, 0.5) is 0 Å². The van der Waals surface area contributed by atoms with E-state index in [9.17, 15) is 0 Å². The summed E-state index contributed by atoms with van der Waals surface area (Å²) in [5.74, 6) is 0.418. The van der Waals surface area contributed by atoms with E-state index in [4.69, 9.17) is 11.6 Å². The van der Waals surface area contributed by atoms with Crippen molar-refractivity contribution in [2.75, 3.05) is 0 Å². The summed E-state index contributed by atoms with van der Waals surface area (Å²) in [4.78, 5) is 0. The monoisotopic (exact) mass is 216 g/mol. The number of hydrogen-bond donors (Lipinski definition) is 0. The van der Waals surface area contributed by atoms with Crippen molar-refractivity contribution in [1.82, 2.24) is 10.2 Å². The molecule has 0 atom stereocenters. The van der Waals surface area contributed by atoms with Gasteiger partial charge in [0.15, 0.2) is 0 Å². The van der Waals surface area contributed by atoms with E-state index in [-0.39, 0.29) is 32.7 Å². The molecule has 0 aliphatic rings. The quantitative estimate of drug-likeness (QED) is 0.517. The van der Waals surface area contributed by atoms with Crippen molar-refractivity contribution in [2.24, 2.45) is 0 Å². The number of nitrogens with zero attached hydrogens (tertiary/aromatic N) is 2. The molecule has 0 saturated heterocycles. The Kier molecular flexibility index (Phi) is 5.55. The van der Waals surface area contributed by atoms with Crippen molar-refractivity contribution in [2.45, 2.75) is 5.88 Å². The summed E-state index contributed by atoms with van der Waals surface area (Å²) in [6, 6.07) is 3.46. The van der Waals surface area contributed by atoms with Gasteiger partial charge in [-0.05, 0) is 5.69 Å². The first-order valence-electron chi connectivity index (χ1n) is 2.18. The minimum absolute atomic E-state index is 0. The van der Waals surface area contributed by atoms with Gasteiger partial charge in [-0.15, -0.1) is 17.8 Å². The number of rotatable bonds is 1. The second-order valence-electron chi connectivity index (χ2n) is 1.29. The summed E-state index contributed by atoms with van der Waals surface area (Å²) in [7, 11) is 0. The fourth-order valence-corrected chi connectivity index (χ4v) is 0.507. The molecule has 0 aliphatic carbocycles. The van der Waals surface area contributed by atoms with Crippen molar-refractivity contribution >= 4 is 11.6 Å². The van der Waals surface area contributed by atoms with Crippen molar-refractivity contribution < 1.29 is 32.7 Å². The molecule has 0 fully saturated rings. The number of alkyl halides is 1. The van der Waals surface area contributed by atoms with Gasteiger partial charge < -0.3 is 0 Å². The smallest absolute Gasteiger partial charge is 0.0494 e. The van der Waals surface area contributed by atoms with E-state index in [1.807, 2.05) is 0 Å². The Morgan fingerprint density at radius 3 is 2.78 bits per heavy atom. The molecule has 2 nitrogen and oxygen atoms in total. The SMILES string of the molecule is ClCc1cc[c-]nn1.[Y]. The molecule has 45 valence electrons. The third-order valence-corrected chi connectivity index (χ3v) is 0.997. The second-order valence-corrected chi connectivity index (χ2v) is 1.55. The molecule has 1 aromatic rings. The molecule has 0 spiro atoms. The van der Waals surface area contributed by atoms with Gasteiger partial charge >= 0.3 is 0 Å². The van der Waals surface area contributed by atoms with Crippen molar-refractivity contribution in [3.8, 4) is 0 Å². The maximum Gasteiger partial charge on any atom is 0.0494 e. The van der Waals surface area contributed by atoms with E-state index >= 15 is 0 Å². The van der Waals surface area contributed by atoms with Gasteiger partial charge in [0.2, 0.25) is 0 Å². The molecule has 1 rings (SSSR count). The zero-order chi connectivity index (χ0) is 5.82. The van der Waals surface area contributed by atoms with E-state index in [0.717, 1.165) is 5.69 Å². The van der Waals surface area contributed by atoms with Crippen molar-refractivity contribution in [3.63, 3.8) is 0 Å². The first-order valence-corrected chi connectivity index (χ1v) is 2.71. The summed E-state index contributed by atoms with van der Waals surface area (Å²) in [5.41, 5.74) is 0.783. The topological polar surface area (TPSA) is 25.8 Å². The molecular weight excluding hydrogens is 212 g/mol. The van der Waals surface area contributed by atoms with Gasteiger partial charge in [0.25, 0.3) is 0 Å². The van der Waals surface area contributed by atoms with Gasteiger partial charge in [-0.3, -0.25) is 5.10 Å². The van der Waals surface area contributed by atoms with Crippen LogP contribution in [0.3, 0.4) is 0 Å². The molecule has 4 heteroatoms. The second kappa shape index (κ2) is 5.27. The van der Waals surface area contributed by atoms with Crippen LogP contribution in [0.5, 0.6) is 0 Å². The average molecular weight is 216 g/mol. The van der Waals surface area contributed by atoms with Crippen LogP contribution in [-0.4, -0.2) is 10.2 Å². The van der Waals surface area contributed by atoms with Crippen LogP contribution in [0.25, 0.3) is 0 Å². The summed E-state index contributed by atoms with van der Waals surface area (Å²) in [6.07, 6.45) is 2.55. The fraction of sp³-hybridized carbons (Fsp3) is 0.200. The largest absolute Gasteiger partial charge is 0.268 e. The third-order valence-electron chi connectivity index (χ3n) is 0.723. The van der Waals surface area contributed by atoms with Crippen LogP contribution in [0.2, 0.25) is 0 Å². The summed E-state index contributed by atoms with van der Waals surface area (Å²) >= 11 is 5.41. The van der Waals surface area contributed by atoms with Crippen LogP contribution < -0.4 is 0 Å². The van der Waals surface area contributed by atoms with Gasteiger partial charge in [-0.2, -0.15) is 11.2 Å². The van der Waals surface area contributed by atoms with Gasteiger partial charge in [0.05, 0.1) is 0 Å². The minimum atomic E-state index is 0. The van der Waals surface area contributed by atoms with Crippen LogP contribution in [0.15, 0.2) is 12.1 Å². The Hall–Kier alpha value is 0.474. The zero-order valence-corrected chi connectivity index (χ0v) is 8.31. The number of aromatic nitrogens is 2. The van der Waals surface area contributed by atoms with E-state index < -0.39 is 0 Å². The van der Waals surface area contributed by atoms with Crippen LogP contribution in [-0.2, 0) is 38.6 Å². The Balaban J connectivity index is 0.000000640. The summed E-state index contributed by atoms with van der Waals surface area (Å²) in [6.45, 7) is 0. The van der Waals surface area contributed by atoms with E-state index in [2.05, 4.69) is 16.4 Å². The molecule has 0 aromatic carbocycles. The standard InChI is InChI=1S/C5H4ClN2.Y/c6-4-5-2-1-3-7-8-5;/h1-2H,4H2;/q-1;. The minimum Gasteiger partial charge on any atom is -0.268 e. The van der Waals surface area contributed by atoms with Gasteiger partial charge in [0.1, 0.15) is 0 Å². The van der Waals surface area contributed by atoms with E-state index in [0.29, 0.717) is 5.88 Å². The molecule has 0 amide bonds. The number of hydrogen-bond acceptors (Lipinski definition) is 2. The first-order chi connectivity index (χ1) is 3.93. The van der Waals surface area contributed by atoms with Gasteiger partial charge in [-0.25, -0.2) is 6.07 Å².